The number of hydrogen-bond acceptors (Lipinski definition) is 6. The molecule has 1 aromatic carbocycles. The van der Waals surface area contributed by atoms with Gasteiger partial charge < -0.3 is 15.8 Å². The molecule has 0 bridgehead atoms. The van der Waals surface area contributed by atoms with Crippen LogP contribution >= 0.6 is 0 Å². The van der Waals surface area contributed by atoms with E-state index >= 15 is 0 Å². The minimum absolute atomic E-state index is 0.0284. The van der Waals surface area contributed by atoms with Crippen molar-refractivity contribution < 1.29 is 14.3 Å². The van der Waals surface area contributed by atoms with Gasteiger partial charge in [-0.2, -0.15) is 5.10 Å². The van der Waals surface area contributed by atoms with Gasteiger partial charge in [0, 0.05) is 23.6 Å². The molecular formula is C17H19N5O3. The summed E-state index contributed by atoms with van der Waals surface area (Å²) >= 11 is 0. The highest BCUT2D eigenvalue weighted by Gasteiger charge is 2.07. The number of nitrogens with one attached hydrogen (secondary N) is 2. The first kappa shape index (κ1) is 17.9. The zero-order chi connectivity index (χ0) is 18.1. The number of hydrogen-bond donors (Lipinski definition) is 3. The Morgan fingerprint density at radius 2 is 1.96 bits per heavy atom. The molecule has 130 valence electrons. The molecule has 0 aliphatic carbocycles. The molecule has 8 heteroatoms. The Morgan fingerprint density at radius 1 is 1.20 bits per heavy atom. The van der Waals surface area contributed by atoms with Crippen molar-refractivity contribution in [3.05, 3.63) is 59.9 Å². The second-order valence-corrected chi connectivity index (χ2v) is 4.92. The average molecular weight is 341 g/mol. The number of ether oxygens (including phenoxy) is 1. The summed E-state index contributed by atoms with van der Waals surface area (Å²) in [5.74, 6) is -0.607. The first-order valence-corrected chi connectivity index (χ1v) is 7.63. The summed E-state index contributed by atoms with van der Waals surface area (Å²) < 4.78 is 4.93. The first-order valence-electron chi connectivity index (χ1n) is 7.63. The van der Waals surface area contributed by atoms with Gasteiger partial charge >= 0.3 is 5.97 Å². The largest absolute Gasteiger partial charge is 0.462 e. The highest BCUT2D eigenvalue weighted by molar-refractivity contribution is 5.98. The molecule has 0 spiro atoms. The Hall–Kier alpha value is -3.42. The number of nitrogens with two attached hydrogens (primary N) is 1. The molecule has 1 aromatic heterocycles. The number of carbonyl (C=O) groups is 2. The molecule has 2 rings (SSSR count). The quantitative estimate of drug-likeness (QED) is 0.300. The van der Waals surface area contributed by atoms with Crippen LogP contribution in [0.3, 0.4) is 0 Å². The molecule has 0 radical (unpaired) electrons. The van der Waals surface area contributed by atoms with E-state index in [1.54, 1.807) is 55.7 Å². The van der Waals surface area contributed by atoms with Crippen molar-refractivity contribution in [2.45, 2.75) is 6.92 Å². The molecule has 0 atom stereocenters. The third-order valence-electron chi connectivity index (χ3n) is 3.10. The van der Waals surface area contributed by atoms with E-state index in [-0.39, 0.29) is 18.3 Å². The number of carbonyl (C=O) groups excluding carboxylic acids is 2. The maximum Gasteiger partial charge on any atom is 0.338 e. The van der Waals surface area contributed by atoms with Crippen LogP contribution in [0, 0.1) is 0 Å². The van der Waals surface area contributed by atoms with Gasteiger partial charge in [-0.15, -0.1) is 0 Å². The first-order chi connectivity index (χ1) is 12.1. The predicted octanol–water partition coefficient (Wildman–Crippen LogP) is 1.11. The van der Waals surface area contributed by atoms with Crippen LogP contribution in [0.2, 0.25) is 0 Å². The molecule has 2 aromatic rings. The monoisotopic (exact) mass is 341 g/mol. The number of rotatable bonds is 7. The highest BCUT2D eigenvalue weighted by atomic mass is 16.5. The van der Waals surface area contributed by atoms with Crippen LogP contribution in [0.4, 0.5) is 5.69 Å². The lowest BCUT2D eigenvalue weighted by molar-refractivity contribution is -0.119. The van der Waals surface area contributed by atoms with Gasteiger partial charge in [0.2, 0.25) is 0 Å². The maximum absolute atomic E-state index is 11.8. The van der Waals surface area contributed by atoms with Gasteiger partial charge in [0.25, 0.3) is 5.91 Å². The Kier molecular flexibility index (Phi) is 6.47. The van der Waals surface area contributed by atoms with Crippen molar-refractivity contribution >= 4 is 23.4 Å². The Morgan fingerprint density at radius 3 is 2.68 bits per heavy atom. The summed E-state index contributed by atoms with van der Waals surface area (Å²) in [6, 6.07) is 10.1. The molecule has 25 heavy (non-hydrogen) atoms. The van der Waals surface area contributed by atoms with Crippen LogP contribution in [-0.4, -0.2) is 35.8 Å². The third kappa shape index (κ3) is 5.61. The topological polar surface area (TPSA) is 119 Å². The number of nitrogens with zero attached hydrogens (tertiary/aromatic N) is 2. The van der Waals surface area contributed by atoms with E-state index in [0.717, 1.165) is 0 Å². The van der Waals surface area contributed by atoms with Crippen LogP contribution < -0.4 is 16.5 Å². The lowest BCUT2D eigenvalue weighted by Crippen LogP contribution is -2.29. The number of pyridine rings is 1. The van der Waals surface area contributed by atoms with Gasteiger partial charge in [-0.1, -0.05) is 6.07 Å². The van der Waals surface area contributed by atoms with Gasteiger partial charge in [-0.3, -0.25) is 9.78 Å². The average Bonchev–Trinajstić information content (AvgIpc) is 2.65. The number of hydrazone groups is 1. The van der Waals surface area contributed by atoms with Crippen LogP contribution in [-0.2, 0) is 9.53 Å². The second-order valence-electron chi connectivity index (χ2n) is 4.92. The fourth-order valence-corrected chi connectivity index (χ4v) is 1.90. The Balaban J connectivity index is 1.88. The van der Waals surface area contributed by atoms with Crippen LogP contribution in [0.1, 0.15) is 22.8 Å². The fraction of sp³-hybridized carbons (Fsp3) is 0.176. The maximum atomic E-state index is 11.8. The van der Waals surface area contributed by atoms with E-state index in [9.17, 15) is 9.59 Å². The van der Waals surface area contributed by atoms with Gasteiger partial charge in [0.15, 0.2) is 5.84 Å². The Labute approximate surface area is 145 Å². The van der Waals surface area contributed by atoms with Gasteiger partial charge in [-0.05, 0) is 37.3 Å². The van der Waals surface area contributed by atoms with Crippen molar-refractivity contribution in [2.24, 2.45) is 10.8 Å². The summed E-state index contributed by atoms with van der Waals surface area (Å²) in [5.41, 5.74) is 9.81. The van der Waals surface area contributed by atoms with E-state index in [4.69, 9.17) is 10.5 Å². The van der Waals surface area contributed by atoms with E-state index in [0.29, 0.717) is 23.4 Å². The molecule has 8 nitrogen and oxygen atoms in total. The van der Waals surface area contributed by atoms with Crippen LogP contribution in [0.25, 0.3) is 0 Å². The minimum Gasteiger partial charge on any atom is -0.462 e. The highest BCUT2D eigenvalue weighted by Crippen LogP contribution is 2.11. The molecule has 1 amide bonds. The molecule has 0 fully saturated rings. The lowest BCUT2D eigenvalue weighted by atomic mass is 10.2. The zero-order valence-electron chi connectivity index (χ0n) is 13.7. The van der Waals surface area contributed by atoms with E-state index in [1.165, 1.54) is 0 Å². The molecule has 0 saturated carbocycles. The molecule has 4 N–H and O–H groups in total. The van der Waals surface area contributed by atoms with Gasteiger partial charge in [-0.25, -0.2) is 10.2 Å². The van der Waals surface area contributed by atoms with Crippen molar-refractivity contribution in [1.29, 1.82) is 0 Å². The SMILES string of the molecule is CCOC(=O)c1cccc(NCC(=O)N/N=C(\N)c2ccncc2)c1. The Bertz CT molecular complexity index is 762. The van der Waals surface area contributed by atoms with Gasteiger partial charge in [0.05, 0.1) is 18.7 Å². The molecule has 0 unspecified atom stereocenters. The number of anilines is 1. The molecule has 0 aliphatic heterocycles. The summed E-state index contributed by atoms with van der Waals surface area (Å²) in [5, 5.41) is 6.74. The number of benzene rings is 1. The molecule has 1 heterocycles. The van der Waals surface area contributed by atoms with Crippen LogP contribution in [0.15, 0.2) is 53.9 Å². The number of aromatic nitrogens is 1. The van der Waals surface area contributed by atoms with E-state index in [1.807, 2.05) is 0 Å². The van der Waals surface area contributed by atoms with Gasteiger partial charge in [0.1, 0.15) is 0 Å². The molecular weight excluding hydrogens is 322 g/mol. The summed E-state index contributed by atoms with van der Waals surface area (Å²) in [7, 11) is 0. The standard InChI is InChI=1S/C17H19N5O3/c1-2-25-17(24)13-4-3-5-14(10-13)20-11-15(23)21-22-16(18)12-6-8-19-9-7-12/h3-10,20H,2,11H2,1H3,(H2,18,22)(H,21,23). The second kappa shape index (κ2) is 9.02. The van der Waals surface area contributed by atoms with E-state index in [2.05, 4.69) is 20.8 Å². The van der Waals surface area contributed by atoms with Crippen molar-refractivity contribution in [3.8, 4) is 0 Å². The fourth-order valence-electron chi connectivity index (χ4n) is 1.90. The summed E-state index contributed by atoms with van der Waals surface area (Å²) in [6.07, 6.45) is 3.16. The minimum atomic E-state index is -0.412. The van der Waals surface area contributed by atoms with Crippen LogP contribution in [0.5, 0.6) is 0 Å². The van der Waals surface area contributed by atoms with Crippen molar-refractivity contribution in [1.82, 2.24) is 10.4 Å². The number of esters is 1. The van der Waals surface area contributed by atoms with Crippen molar-refractivity contribution in [2.75, 3.05) is 18.5 Å². The summed E-state index contributed by atoms with van der Waals surface area (Å²) in [6.45, 7) is 2.01. The predicted molar refractivity (Wildman–Crippen MR) is 94.0 cm³/mol. The zero-order valence-corrected chi connectivity index (χ0v) is 13.7. The number of amides is 1. The third-order valence-corrected chi connectivity index (χ3v) is 3.10. The lowest BCUT2D eigenvalue weighted by Gasteiger charge is -2.08. The molecule has 0 saturated heterocycles. The van der Waals surface area contributed by atoms with Crippen molar-refractivity contribution in [3.63, 3.8) is 0 Å². The number of amidine groups is 1. The molecule has 0 aliphatic rings. The smallest absolute Gasteiger partial charge is 0.338 e. The van der Waals surface area contributed by atoms with E-state index < -0.39 is 5.97 Å². The normalized spacial score (nSPS) is 10.8. The summed E-state index contributed by atoms with van der Waals surface area (Å²) in [4.78, 5) is 27.4.